The molecule has 0 bridgehead atoms. The highest BCUT2D eigenvalue weighted by molar-refractivity contribution is 7.09. The van der Waals surface area contributed by atoms with Crippen LogP contribution < -0.4 is 4.74 Å². The minimum absolute atomic E-state index is 0.0483. The van der Waals surface area contributed by atoms with Crippen molar-refractivity contribution in [1.29, 1.82) is 0 Å². The number of carbonyl (C=O) groups is 1. The Morgan fingerprint density at radius 3 is 2.94 bits per heavy atom. The Balaban J connectivity index is 1.24. The Morgan fingerprint density at radius 2 is 2.06 bits per heavy atom. The zero-order chi connectivity index (χ0) is 21.2. The molecule has 1 aliphatic heterocycles. The fourth-order valence-corrected chi connectivity index (χ4v) is 4.66. The normalized spacial score (nSPS) is 16.2. The lowest BCUT2D eigenvalue weighted by molar-refractivity contribution is -0.131. The van der Waals surface area contributed by atoms with Crippen LogP contribution >= 0.6 is 11.3 Å². The lowest BCUT2D eigenvalue weighted by atomic mass is 10.2. The van der Waals surface area contributed by atoms with Crippen LogP contribution in [0.5, 0.6) is 5.75 Å². The fourth-order valence-electron chi connectivity index (χ4n) is 3.95. The number of amides is 1. The third-order valence-electron chi connectivity index (χ3n) is 5.53. The number of fused-ring (bicyclic) bond motifs is 1. The van der Waals surface area contributed by atoms with E-state index >= 15 is 0 Å². The van der Waals surface area contributed by atoms with Crippen molar-refractivity contribution < 1.29 is 9.53 Å². The third kappa shape index (κ3) is 4.16. The van der Waals surface area contributed by atoms with Gasteiger partial charge in [-0.15, -0.1) is 21.5 Å². The van der Waals surface area contributed by atoms with Crippen LogP contribution in [-0.4, -0.2) is 36.9 Å². The number of carbonyl (C=O) groups excluding carboxylic acids is 1. The van der Waals surface area contributed by atoms with E-state index in [0.29, 0.717) is 6.61 Å². The van der Waals surface area contributed by atoms with E-state index < -0.39 is 0 Å². The number of aromatic nitrogens is 4. The van der Waals surface area contributed by atoms with Crippen molar-refractivity contribution >= 4 is 22.9 Å². The summed E-state index contributed by atoms with van der Waals surface area (Å²) in [5.74, 6) is 1.72. The Hall–Kier alpha value is -3.26. The molecule has 1 atom stereocenters. The second-order valence-corrected chi connectivity index (χ2v) is 8.69. The minimum atomic E-state index is -0.0483. The molecular formula is C23H23N5O2S. The second kappa shape index (κ2) is 8.47. The van der Waals surface area contributed by atoms with Crippen LogP contribution in [0.1, 0.15) is 41.0 Å². The van der Waals surface area contributed by atoms with Crippen molar-refractivity contribution in [3.63, 3.8) is 0 Å². The zero-order valence-corrected chi connectivity index (χ0v) is 18.1. The molecule has 0 spiro atoms. The van der Waals surface area contributed by atoms with Gasteiger partial charge in [-0.3, -0.25) is 9.20 Å². The van der Waals surface area contributed by atoms with E-state index in [4.69, 9.17) is 4.74 Å². The number of hydrogen-bond acceptors (Lipinski definition) is 6. The molecule has 7 nitrogen and oxygen atoms in total. The van der Waals surface area contributed by atoms with Gasteiger partial charge in [-0.05, 0) is 44.0 Å². The van der Waals surface area contributed by atoms with Crippen molar-refractivity contribution in [2.24, 2.45) is 0 Å². The third-order valence-corrected chi connectivity index (χ3v) is 6.40. The SMILES string of the molecule is Cc1ccc(OCc2nc(CC(=O)N3CCC[C@@H]3c3nnc4ccccn34)cs2)cc1. The minimum Gasteiger partial charge on any atom is -0.486 e. The first-order valence-corrected chi connectivity index (χ1v) is 11.3. The first-order valence-electron chi connectivity index (χ1n) is 10.4. The summed E-state index contributed by atoms with van der Waals surface area (Å²) in [6.07, 6.45) is 4.10. The smallest absolute Gasteiger partial charge is 0.229 e. The van der Waals surface area contributed by atoms with Gasteiger partial charge in [0.05, 0.1) is 18.2 Å². The number of ether oxygens (including phenoxy) is 1. The summed E-state index contributed by atoms with van der Waals surface area (Å²) in [6.45, 7) is 3.18. The summed E-state index contributed by atoms with van der Waals surface area (Å²) in [5, 5.41) is 11.4. The highest BCUT2D eigenvalue weighted by atomic mass is 32.1. The average Bonchev–Trinajstić information content (AvgIpc) is 3.52. The van der Waals surface area contributed by atoms with E-state index in [1.165, 1.54) is 16.9 Å². The fraction of sp³-hybridized carbons (Fsp3) is 0.304. The van der Waals surface area contributed by atoms with Gasteiger partial charge in [-0.1, -0.05) is 23.8 Å². The summed E-state index contributed by atoms with van der Waals surface area (Å²) >= 11 is 1.52. The molecule has 0 N–H and O–H groups in total. The van der Waals surface area contributed by atoms with Crippen molar-refractivity contribution in [2.75, 3.05) is 6.54 Å². The first-order chi connectivity index (χ1) is 15.2. The summed E-state index contributed by atoms with van der Waals surface area (Å²) in [6, 6.07) is 13.7. The maximum absolute atomic E-state index is 13.1. The molecule has 0 radical (unpaired) electrons. The molecule has 0 aliphatic carbocycles. The predicted octanol–water partition coefficient (Wildman–Crippen LogP) is 3.98. The number of rotatable bonds is 6. The summed E-state index contributed by atoms with van der Waals surface area (Å²) in [5.41, 5.74) is 2.78. The van der Waals surface area contributed by atoms with Crippen LogP contribution in [0.25, 0.3) is 5.65 Å². The van der Waals surface area contributed by atoms with Gasteiger partial charge < -0.3 is 9.64 Å². The Bertz CT molecular complexity index is 1200. The molecule has 4 heterocycles. The lowest BCUT2D eigenvalue weighted by Gasteiger charge is -2.23. The van der Waals surface area contributed by atoms with Crippen LogP contribution in [0.3, 0.4) is 0 Å². The van der Waals surface area contributed by atoms with Gasteiger partial charge in [-0.25, -0.2) is 4.98 Å². The number of hydrogen-bond donors (Lipinski definition) is 0. The second-order valence-electron chi connectivity index (χ2n) is 7.74. The van der Waals surface area contributed by atoms with E-state index in [9.17, 15) is 4.79 Å². The molecule has 1 aromatic carbocycles. The topological polar surface area (TPSA) is 72.6 Å². The van der Waals surface area contributed by atoms with Crippen LogP contribution in [0.15, 0.2) is 54.0 Å². The molecule has 3 aromatic heterocycles. The van der Waals surface area contributed by atoms with Crippen molar-refractivity contribution in [3.05, 3.63) is 76.1 Å². The zero-order valence-electron chi connectivity index (χ0n) is 17.3. The van der Waals surface area contributed by atoms with E-state index in [2.05, 4.69) is 15.2 Å². The molecule has 31 heavy (non-hydrogen) atoms. The molecule has 8 heteroatoms. The molecule has 158 valence electrons. The van der Waals surface area contributed by atoms with Crippen LogP contribution in [0.2, 0.25) is 0 Å². The standard InChI is InChI=1S/C23H23N5O2S/c1-16-7-9-18(10-8-16)30-14-21-24-17(15-31-21)13-22(29)27-12-4-5-19(27)23-26-25-20-6-2-3-11-28(20)23/h2-3,6-11,15,19H,4-5,12-14H2,1H3/t19-/m1/s1. The summed E-state index contributed by atoms with van der Waals surface area (Å²) in [4.78, 5) is 19.6. The predicted molar refractivity (Wildman–Crippen MR) is 118 cm³/mol. The van der Waals surface area contributed by atoms with Crippen molar-refractivity contribution in [1.82, 2.24) is 24.5 Å². The molecule has 0 unspecified atom stereocenters. The molecule has 4 aromatic rings. The Kier molecular flexibility index (Phi) is 5.38. The number of thiazole rings is 1. The van der Waals surface area contributed by atoms with Gasteiger partial charge in [0.25, 0.3) is 0 Å². The van der Waals surface area contributed by atoms with Crippen LogP contribution in [0.4, 0.5) is 0 Å². The number of aryl methyl sites for hydroxylation is 1. The van der Waals surface area contributed by atoms with Crippen LogP contribution in [0, 0.1) is 6.92 Å². The molecule has 1 saturated heterocycles. The van der Waals surface area contributed by atoms with E-state index in [0.717, 1.165) is 47.3 Å². The lowest BCUT2D eigenvalue weighted by Crippen LogP contribution is -2.32. The van der Waals surface area contributed by atoms with Gasteiger partial charge in [0, 0.05) is 18.1 Å². The van der Waals surface area contributed by atoms with Gasteiger partial charge in [-0.2, -0.15) is 0 Å². The van der Waals surface area contributed by atoms with E-state index in [-0.39, 0.29) is 18.4 Å². The number of benzene rings is 1. The van der Waals surface area contributed by atoms with Crippen molar-refractivity contribution in [3.8, 4) is 5.75 Å². The summed E-state index contributed by atoms with van der Waals surface area (Å²) < 4.78 is 7.78. The number of nitrogens with zero attached hydrogens (tertiary/aromatic N) is 5. The first kappa shape index (κ1) is 19.7. The number of pyridine rings is 1. The maximum atomic E-state index is 13.1. The summed E-state index contributed by atoms with van der Waals surface area (Å²) in [7, 11) is 0. The van der Waals surface area contributed by atoms with E-state index in [1.54, 1.807) is 0 Å². The van der Waals surface area contributed by atoms with E-state index in [1.807, 2.05) is 70.3 Å². The van der Waals surface area contributed by atoms with Crippen LogP contribution in [-0.2, 0) is 17.8 Å². The average molecular weight is 434 g/mol. The highest BCUT2D eigenvalue weighted by Gasteiger charge is 2.33. The van der Waals surface area contributed by atoms with Gasteiger partial charge in [0.15, 0.2) is 11.5 Å². The molecule has 5 rings (SSSR count). The highest BCUT2D eigenvalue weighted by Crippen LogP contribution is 2.31. The largest absolute Gasteiger partial charge is 0.486 e. The van der Waals surface area contributed by atoms with Gasteiger partial charge >= 0.3 is 0 Å². The van der Waals surface area contributed by atoms with Gasteiger partial charge in [0.1, 0.15) is 17.4 Å². The molecule has 1 aliphatic rings. The monoisotopic (exact) mass is 433 g/mol. The quantitative estimate of drug-likeness (QED) is 0.460. The number of likely N-dealkylation sites (tertiary alicyclic amines) is 1. The van der Waals surface area contributed by atoms with Crippen molar-refractivity contribution in [2.45, 2.75) is 38.8 Å². The Labute approximate surface area is 184 Å². The molecule has 0 saturated carbocycles. The maximum Gasteiger partial charge on any atom is 0.229 e. The molecule has 1 fully saturated rings. The molecular weight excluding hydrogens is 410 g/mol. The molecule has 1 amide bonds. The van der Waals surface area contributed by atoms with Gasteiger partial charge in [0.2, 0.25) is 5.91 Å². The Morgan fingerprint density at radius 1 is 1.19 bits per heavy atom.